The lowest BCUT2D eigenvalue weighted by Crippen LogP contribution is -2.50. The fraction of sp³-hybridized carbons (Fsp3) is 0.381. The van der Waals surface area contributed by atoms with Gasteiger partial charge in [-0.25, -0.2) is 13.4 Å². The molecule has 4 rings (SSSR count). The molecule has 0 N–H and O–H groups in total. The van der Waals surface area contributed by atoms with Gasteiger partial charge in [0.15, 0.2) is 5.82 Å². The van der Waals surface area contributed by atoms with Crippen LogP contribution in [0.3, 0.4) is 0 Å². The molecule has 0 bridgehead atoms. The number of hydrogen-bond acceptors (Lipinski definition) is 6. The smallest absolute Gasteiger partial charge is 0.294 e. The van der Waals surface area contributed by atoms with Gasteiger partial charge in [-0.05, 0) is 24.1 Å². The standard InChI is InChI=1S/C21H25N5O3S/c1-16(2)15-26-19-14-22-9-8-18(19)23-20(21(26)27)24-10-12-25(13-11-24)30(28,29)17-6-4-3-5-7-17/h3-9,14,16H,10-13,15H2,1-2H3. The van der Waals surface area contributed by atoms with E-state index in [1.807, 2.05) is 4.90 Å². The number of aromatic nitrogens is 3. The van der Waals surface area contributed by atoms with Crippen LogP contribution in [0.5, 0.6) is 0 Å². The van der Waals surface area contributed by atoms with Crippen LogP contribution < -0.4 is 10.5 Å². The molecule has 1 aliphatic heterocycles. The molecule has 1 fully saturated rings. The van der Waals surface area contributed by atoms with Gasteiger partial charge in [-0.2, -0.15) is 4.31 Å². The Morgan fingerprint density at radius 3 is 2.40 bits per heavy atom. The van der Waals surface area contributed by atoms with Crippen molar-refractivity contribution in [2.75, 3.05) is 31.1 Å². The molecule has 0 amide bonds. The molecule has 2 aromatic heterocycles. The Labute approximate surface area is 175 Å². The van der Waals surface area contributed by atoms with Gasteiger partial charge in [0.25, 0.3) is 5.56 Å². The maximum Gasteiger partial charge on any atom is 0.294 e. The quantitative estimate of drug-likeness (QED) is 0.619. The van der Waals surface area contributed by atoms with Crippen LogP contribution in [0.2, 0.25) is 0 Å². The van der Waals surface area contributed by atoms with Crippen molar-refractivity contribution in [3.63, 3.8) is 0 Å². The first kappa shape index (κ1) is 20.5. The summed E-state index contributed by atoms with van der Waals surface area (Å²) in [5, 5.41) is 0. The number of hydrogen-bond donors (Lipinski definition) is 0. The molecule has 158 valence electrons. The van der Waals surface area contributed by atoms with Gasteiger partial charge in [-0.3, -0.25) is 9.78 Å². The lowest BCUT2D eigenvalue weighted by molar-refractivity contribution is 0.383. The van der Waals surface area contributed by atoms with Crippen LogP contribution in [0.25, 0.3) is 11.0 Å². The first-order valence-corrected chi connectivity index (χ1v) is 11.5. The van der Waals surface area contributed by atoms with Crippen molar-refractivity contribution in [1.82, 2.24) is 18.8 Å². The van der Waals surface area contributed by atoms with Crippen molar-refractivity contribution >= 4 is 26.9 Å². The van der Waals surface area contributed by atoms with Gasteiger partial charge in [0.05, 0.1) is 22.1 Å². The topological polar surface area (TPSA) is 88.4 Å². The number of pyridine rings is 1. The summed E-state index contributed by atoms with van der Waals surface area (Å²) in [6.07, 6.45) is 3.33. The predicted octanol–water partition coefficient (Wildman–Crippen LogP) is 1.96. The summed E-state index contributed by atoms with van der Waals surface area (Å²) in [5.41, 5.74) is 1.26. The van der Waals surface area contributed by atoms with E-state index in [4.69, 9.17) is 0 Å². The highest BCUT2D eigenvalue weighted by Crippen LogP contribution is 2.20. The van der Waals surface area contributed by atoms with Gasteiger partial charge in [-0.1, -0.05) is 32.0 Å². The molecule has 3 heterocycles. The third-order valence-electron chi connectivity index (χ3n) is 5.20. The second kappa shape index (κ2) is 8.16. The molecule has 1 aromatic carbocycles. The molecule has 0 aliphatic carbocycles. The number of fused-ring (bicyclic) bond motifs is 1. The maximum absolute atomic E-state index is 13.2. The summed E-state index contributed by atoms with van der Waals surface area (Å²) in [4.78, 5) is 24.1. The van der Waals surface area contributed by atoms with Gasteiger partial charge < -0.3 is 9.47 Å². The molecule has 1 aliphatic rings. The predicted molar refractivity (Wildman–Crippen MR) is 116 cm³/mol. The molecular weight excluding hydrogens is 402 g/mol. The van der Waals surface area contributed by atoms with Crippen molar-refractivity contribution in [2.24, 2.45) is 5.92 Å². The molecule has 0 saturated carbocycles. The molecule has 30 heavy (non-hydrogen) atoms. The molecule has 0 unspecified atom stereocenters. The van der Waals surface area contributed by atoms with E-state index in [9.17, 15) is 13.2 Å². The normalized spacial score (nSPS) is 15.8. The van der Waals surface area contributed by atoms with E-state index in [1.54, 1.807) is 53.4 Å². The monoisotopic (exact) mass is 427 g/mol. The second-order valence-electron chi connectivity index (χ2n) is 7.81. The summed E-state index contributed by atoms with van der Waals surface area (Å²) < 4.78 is 28.9. The minimum absolute atomic E-state index is 0.163. The summed E-state index contributed by atoms with van der Waals surface area (Å²) in [7, 11) is -3.54. The van der Waals surface area contributed by atoms with Crippen LogP contribution in [-0.4, -0.2) is 53.4 Å². The lowest BCUT2D eigenvalue weighted by atomic mass is 10.2. The van der Waals surface area contributed by atoms with Crippen LogP contribution in [-0.2, 0) is 16.6 Å². The van der Waals surface area contributed by atoms with Gasteiger partial charge in [0.1, 0.15) is 0 Å². The van der Waals surface area contributed by atoms with Gasteiger partial charge in [0.2, 0.25) is 10.0 Å². The molecule has 1 saturated heterocycles. The Bertz CT molecular complexity index is 1200. The number of sulfonamides is 1. The molecule has 0 spiro atoms. The number of rotatable bonds is 5. The number of piperazine rings is 1. The Morgan fingerprint density at radius 2 is 1.73 bits per heavy atom. The largest absolute Gasteiger partial charge is 0.349 e. The number of nitrogens with zero attached hydrogens (tertiary/aromatic N) is 5. The van der Waals surface area contributed by atoms with E-state index >= 15 is 0 Å². The van der Waals surface area contributed by atoms with Gasteiger partial charge in [0, 0.05) is 38.9 Å². The van der Waals surface area contributed by atoms with Gasteiger partial charge in [-0.15, -0.1) is 0 Å². The Morgan fingerprint density at radius 1 is 1.03 bits per heavy atom. The Hall–Kier alpha value is -2.78. The van der Waals surface area contributed by atoms with Crippen LogP contribution >= 0.6 is 0 Å². The summed E-state index contributed by atoms with van der Waals surface area (Å²) >= 11 is 0. The highest BCUT2D eigenvalue weighted by molar-refractivity contribution is 7.89. The van der Waals surface area contributed by atoms with Crippen molar-refractivity contribution in [1.29, 1.82) is 0 Å². The molecule has 0 atom stereocenters. The fourth-order valence-corrected chi connectivity index (χ4v) is 5.15. The lowest BCUT2D eigenvalue weighted by Gasteiger charge is -2.34. The molecular formula is C21H25N5O3S. The summed E-state index contributed by atoms with van der Waals surface area (Å²) in [5.74, 6) is 0.653. The van der Waals surface area contributed by atoms with Crippen molar-refractivity contribution < 1.29 is 8.42 Å². The Balaban J connectivity index is 1.62. The van der Waals surface area contributed by atoms with Crippen molar-refractivity contribution in [3.05, 3.63) is 59.1 Å². The number of anilines is 1. The SMILES string of the molecule is CC(C)Cn1c(=O)c(N2CCN(S(=O)(=O)c3ccccc3)CC2)nc2ccncc21. The highest BCUT2D eigenvalue weighted by Gasteiger charge is 2.30. The van der Waals surface area contributed by atoms with E-state index in [-0.39, 0.29) is 16.4 Å². The number of benzene rings is 1. The zero-order valence-electron chi connectivity index (χ0n) is 17.1. The van der Waals surface area contributed by atoms with E-state index in [0.717, 1.165) is 0 Å². The van der Waals surface area contributed by atoms with Crippen molar-refractivity contribution in [2.45, 2.75) is 25.3 Å². The van der Waals surface area contributed by atoms with Crippen LogP contribution in [0.15, 0.2) is 58.5 Å². The average Bonchev–Trinajstić information content (AvgIpc) is 2.76. The first-order valence-electron chi connectivity index (χ1n) is 10.0. The van der Waals surface area contributed by atoms with E-state index in [2.05, 4.69) is 23.8 Å². The zero-order valence-corrected chi connectivity index (χ0v) is 17.9. The molecule has 0 radical (unpaired) electrons. The first-order chi connectivity index (χ1) is 14.4. The van der Waals surface area contributed by atoms with Crippen LogP contribution in [0.1, 0.15) is 13.8 Å². The highest BCUT2D eigenvalue weighted by atomic mass is 32.2. The third kappa shape index (κ3) is 3.82. The molecule has 3 aromatic rings. The van der Waals surface area contributed by atoms with Gasteiger partial charge >= 0.3 is 0 Å². The minimum Gasteiger partial charge on any atom is -0.349 e. The minimum atomic E-state index is -3.54. The Kier molecular flexibility index (Phi) is 5.57. The van der Waals surface area contributed by atoms with Crippen LogP contribution in [0.4, 0.5) is 5.82 Å². The summed E-state index contributed by atoms with van der Waals surface area (Å²) in [6.45, 7) is 6.11. The van der Waals surface area contributed by atoms with E-state index < -0.39 is 10.0 Å². The summed E-state index contributed by atoms with van der Waals surface area (Å²) in [6, 6.07) is 10.2. The van der Waals surface area contributed by atoms with Crippen LogP contribution in [0, 0.1) is 5.92 Å². The zero-order chi connectivity index (χ0) is 21.3. The fourth-order valence-electron chi connectivity index (χ4n) is 3.71. The third-order valence-corrected chi connectivity index (χ3v) is 7.11. The van der Waals surface area contributed by atoms with E-state index in [0.29, 0.717) is 49.6 Å². The van der Waals surface area contributed by atoms with Crippen molar-refractivity contribution in [3.8, 4) is 0 Å². The maximum atomic E-state index is 13.2. The molecule has 9 heteroatoms. The molecule has 8 nitrogen and oxygen atoms in total. The average molecular weight is 428 g/mol. The van der Waals surface area contributed by atoms with E-state index in [1.165, 1.54) is 4.31 Å². The second-order valence-corrected chi connectivity index (χ2v) is 9.75.